The molecule has 0 fully saturated rings. The van der Waals surface area contributed by atoms with E-state index in [9.17, 15) is 13.2 Å². The molecule has 0 saturated heterocycles. The molecule has 2 aromatic heterocycles. The van der Waals surface area contributed by atoms with Crippen LogP contribution in [0.5, 0.6) is 0 Å². The van der Waals surface area contributed by atoms with Gasteiger partial charge in [-0.1, -0.05) is 19.1 Å². The van der Waals surface area contributed by atoms with Crippen molar-refractivity contribution < 1.29 is 13.2 Å². The summed E-state index contributed by atoms with van der Waals surface area (Å²) in [6.45, 7) is 2.07. The van der Waals surface area contributed by atoms with Gasteiger partial charge in [0.25, 0.3) is 0 Å². The quantitative estimate of drug-likeness (QED) is 0.702. The predicted octanol–water partition coefficient (Wildman–Crippen LogP) is 4.19. The van der Waals surface area contributed by atoms with E-state index in [1.165, 1.54) is 12.3 Å². The lowest BCUT2D eigenvalue weighted by atomic mass is 9.97. The first kappa shape index (κ1) is 18.9. The zero-order valence-corrected chi connectivity index (χ0v) is 15.0. The molecule has 0 bridgehead atoms. The van der Waals surface area contributed by atoms with E-state index >= 15 is 0 Å². The molecule has 3 rings (SSSR count). The van der Waals surface area contributed by atoms with Crippen LogP contribution >= 0.6 is 0 Å². The third kappa shape index (κ3) is 4.64. The Balaban J connectivity index is 1.71. The third-order valence-electron chi connectivity index (χ3n) is 4.41. The van der Waals surface area contributed by atoms with Crippen LogP contribution in [-0.4, -0.2) is 19.7 Å². The van der Waals surface area contributed by atoms with Crippen molar-refractivity contribution in [3.63, 3.8) is 0 Å². The van der Waals surface area contributed by atoms with E-state index in [0.29, 0.717) is 0 Å². The molecule has 0 aliphatic heterocycles. The van der Waals surface area contributed by atoms with Crippen LogP contribution < -0.4 is 5.32 Å². The highest BCUT2D eigenvalue weighted by atomic mass is 19.4. The zero-order valence-electron chi connectivity index (χ0n) is 15.0. The first-order valence-corrected chi connectivity index (χ1v) is 8.52. The van der Waals surface area contributed by atoms with Crippen molar-refractivity contribution in [2.75, 3.05) is 5.32 Å². The van der Waals surface area contributed by atoms with Gasteiger partial charge in [-0.15, -0.1) is 10.2 Å². The topological polar surface area (TPSA) is 55.6 Å². The number of benzene rings is 1. The monoisotopic (exact) mass is 375 g/mol. The molecule has 0 aliphatic carbocycles. The number of rotatable bonds is 6. The highest BCUT2D eigenvalue weighted by Crippen LogP contribution is 2.31. The summed E-state index contributed by atoms with van der Waals surface area (Å²) in [7, 11) is 1.89. The third-order valence-corrected chi connectivity index (χ3v) is 4.41. The second-order valence-corrected chi connectivity index (χ2v) is 6.44. The molecule has 1 N–H and O–H groups in total. The Morgan fingerprint density at radius 2 is 2.00 bits per heavy atom. The lowest BCUT2D eigenvalue weighted by molar-refractivity contribution is -0.138. The van der Waals surface area contributed by atoms with Crippen molar-refractivity contribution in [2.24, 2.45) is 7.05 Å². The summed E-state index contributed by atoms with van der Waals surface area (Å²) < 4.78 is 41.1. The van der Waals surface area contributed by atoms with Gasteiger partial charge in [-0.25, -0.2) is 0 Å². The SMILES string of the molecule is CC(Cc1nncn1C)c1cccc(NCc2ncccc2C(F)(F)F)c1. The van der Waals surface area contributed by atoms with Gasteiger partial charge in [-0.3, -0.25) is 4.98 Å². The van der Waals surface area contributed by atoms with Crippen molar-refractivity contribution in [1.29, 1.82) is 0 Å². The van der Waals surface area contributed by atoms with Gasteiger partial charge in [-0.2, -0.15) is 13.2 Å². The minimum Gasteiger partial charge on any atom is -0.379 e. The van der Waals surface area contributed by atoms with Crippen molar-refractivity contribution in [1.82, 2.24) is 19.7 Å². The minimum atomic E-state index is -4.42. The summed E-state index contributed by atoms with van der Waals surface area (Å²) in [4.78, 5) is 3.88. The second kappa shape index (κ2) is 7.77. The minimum absolute atomic E-state index is 0.00317. The highest BCUT2D eigenvalue weighted by molar-refractivity contribution is 5.47. The van der Waals surface area contributed by atoms with E-state index in [2.05, 4.69) is 27.4 Å². The lowest BCUT2D eigenvalue weighted by Crippen LogP contribution is -2.13. The van der Waals surface area contributed by atoms with Crippen LogP contribution in [0, 0.1) is 0 Å². The smallest absolute Gasteiger partial charge is 0.379 e. The van der Waals surface area contributed by atoms with Gasteiger partial charge in [0, 0.05) is 25.4 Å². The summed E-state index contributed by atoms with van der Waals surface area (Å²) in [5, 5.41) is 11.0. The van der Waals surface area contributed by atoms with E-state index in [1.54, 1.807) is 6.33 Å². The number of hydrogen-bond donors (Lipinski definition) is 1. The Kier molecular flexibility index (Phi) is 5.43. The number of hydrogen-bond acceptors (Lipinski definition) is 4. The van der Waals surface area contributed by atoms with E-state index < -0.39 is 11.7 Å². The van der Waals surface area contributed by atoms with Crippen molar-refractivity contribution in [3.8, 4) is 0 Å². The predicted molar refractivity (Wildman–Crippen MR) is 96.1 cm³/mol. The van der Waals surface area contributed by atoms with Gasteiger partial charge in [-0.05, 0) is 35.7 Å². The molecule has 1 aromatic carbocycles. The highest BCUT2D eigenvalue weighted by Gasteiger charge is 2.33. The Morgan fingerprint density at radius 1 is 1.19 bits per heavy atom. The summed E-state index contributed by atoms with van der Waals surface area (Å²) >= 11 is 0. The number of nitrogens with one attached hydrogen (secondary N) is 1. The van der Waals surface area contributed by atoms with Gasteiger partial charge >= 0.3 is 6.18 Å². The Hall–Kier alpha value is -2.90. The molecule has 8 heteroatoms. The molecule has 0 saturated carbocycles. The number of anilines is 1. The van der Waals surface area contributed by atoms with Crippen LogP contribution in [-0.2, 0) is 26.2 Å². The van der Waals surface area contributed by atoms with Crippen LogP contribution in [0.1, 0.15) is 35.5 Å². The maximum absolute atomic E-state index is 13.1. The zero-order chi connectivity index (χ0) is 19.4. The van der Waals surface area contributed by atoms with Gasteiger partial charge < -0.3 is 9.88 Å². The van der Waals surface area contributed by atoms with E-state index in [-0.39, 0.29) is 18.2 Å². The number of pyridine rings is 1. The number of aryl methyl sites for hydroxylation is 1. The molecule has 27 heavy (non-hydrogen) atoms. The molecule has 142 valence electrons. The lowest BCUT2D eigenvalue weighted by Gasteiger charge is -2.15. The van der Waals surface area contributed by atoms with Gasteiger partial charge in [0.15, 0.2) is 0 Å². The number of nitrogens with zero attached hydrogens (tertiary/aromatic N) is 4. The van der Waals surface area contributed by atoms with E-state index in [0.717, 1.165) is 29.6 Å². The molecule has 0 amide bonds. The number of halogens is 3. The second-order valence-electron chi connectivity index (χ2n) is 6.44. The first-order chi connectivity index (χ1) is 12.8. The molecule has 2 heterocycles. The number of aromatic nitrogens is 4. The molecule has 1 atom stereocenters. The van der Waals surface area contributed by atoms with Crippen LogP contribution in [0.2, 0.25) is 0 Å². The van der Waals surface area contributed by atoms with Crippen LogP contribution in [0.4, 0.5) is 18.9 Å². The van der Waals surface area contributed by atoms with Crippen molar-refractivity contribution >= 4 is 5.69 Å². The molecule has 0 radical (unpaired) electrons. The fourth-order valence-electron chi connectivity index (χ4n) is 2.86. The Labute approximate surface area is 155 Å². The van der Waals surface area contributed by atoms with Crippen molar-refractivity contribution in [2.45, 2.75) is 32.0 Å². The van der Waals surface area contributed by atoms with E-state index in [1.807, 2.05) is 35.9 Å². The first-order valence-electron chi connectivity index (χ1n) is 8.52. The molecule has 5 nitrogen and oxygen atoms in total. The van der Waals surface area contributed by atoms with Crippen molar-refractivity contribution in [3.05, 3.63) is 71.6 Å². The molecule has 1 unspecified atom stereocenters. The Morgan fingerprint density at radius 3 is 2.70 bits per heavy atom. The average Bonchev–Trinajstić information content (AvgIpc) is 3.04. The largest absolute Gasteiger partial charge is 0.418 e. The van der Waals surface area contributed by atoms with Crippen LogP contribution in [0.15, 0.2) is 48.9 Å². The Bertz CT molecular complexity index is 904. The van der Waals surface area contributed by atoms with Gasteiger partial charge in [0.1, 0.15) is 12.2 Å². The van der Waals surface area contributed by atoms with Crippen LogP contribution in [0.25, 0.3) is 0 Å². The summed E-state index contributed by atoms with van der Waals surface area (Å²) in [6, 6.07) is 9.98. The van der Waals surface area contributed by atoms with Gasteiger partial charge in [0.2, 0.25) is 0 Å². The summed E-state index contributed by atoms with van der Waals surface area (Å²) in [6.07, 6.45) is -0.674. The number of alkyl halides is 3. The van der Waals surface area contributed by atoms with Crippen LogP contribution in [0.3, 0.4) is 0 Å². The summed E-state index contributed by atoms with van der Waals surface area (Å²) in [5.74, 6) is 1.07. The molecule has 0 spiro atoms. The fraction of sp³-hybridized carbons (Fsp3) is 0.316. The maximum Gasteiger partial charge on any atom is 0.418 e. The molecular weight excluding hydrogens is 355 g/mol. The fourth-order valence-corrected chi connectivity index (χ4v) is 2.86. The van der Waals surface area contributed by atoms with E-state index in [4.69, 9.17) is 0 Å². The average molecular weight is 375 g/mol. The standard InChI is InChI=1S/C19H20F3N5/c1-13(9-18-26-25-12-27(18)2)14-5-3-6-15(10-14)24-11-17-16(19(20,21)22)7-4-8-23-17/h3-8,10,12-13,24H,9,11H2,1-2H3. The normalized spacial score (nSPS) is 12.8. The molecule has 3 aromatic rings. The van der Waals surface area contributed by atoms with Gasteiger partial charge in [0.05, 0.1) is 17.8 Å². The summed E-state index contributed by atoms with van der Waals surface area (Å²) in [5.41, 5.74) is 1.07. The molecule has 0 aliphatic rings. The molecular formula is C19H20F3N5. The maximum atomic E-state index is 13.1.